The monoisotopic (exact) mass is 227 g/mol. The predicted octanol–water partition coefficient (Wildman–Crippen LogP) is 2.07. The summed E-state index contributed by atoms with van der Waals surface area (Å²) >= 11 is 0. The van der Waals surface area contributed by atoms with Crippen molar-refractivity contribution in [1.29, 1.82) is 0 Å². The maximum Gasteiger partial charge on any atom is 0.433 e. The molecule has 0 saturated heterocycles. The molecule has 0 aliphatic rings. The molecule has 0 amide bonds. The van der Waals surface area contributed by atoms with Gasteiger partial charge < -0.3 is 9.15 Å². The number of hydrogen-bond donors (Lipinski definition) is 0. The molecule has 88 valence electrons. The van der Waals surface area contributed by atoms with Gasteiger partial charge in [0.05, 0.1) is 12.7 Å². The van der Waals surface area contributed by atoms with E-state index >= 15 is 0 Å². The van der Waals surface area contributed by atoms with Crippen LogP contribution in [0.25, 0.3) is 0 Å². The van der Waals surface area contributed by atoms with Gasteiger partial charge in [-0.25, -0.2) is 0 Å². The van der Waals surface area contributed by atoms with E-state index in [4.69, 9.17) is 4.42 Å². The predicted molar refractivity (Wildman–Crippen MR) is 54.9 cm³/mol. The van der Waals surface area contributed by atoms with Crippen molar-refractivity contribution in [1.82, 2.24) is 0 Å². The number of carbonyl (C=O) groups is 1. The van der Waals surface area contributed by atoms with E-state index in [9.17, 15) is 14.9 Å². The number of rotatable bonds is 8. The first-order chi connectivity index (χ1) is 7.74. The highest BCUT2D eigenvalue weighted by atomic mass is 16.6. The van der Waals surface area contributed by atoms with Gasteiger partial charge in [0.15, 0.2) is 0 Å². The van der Waals surface area contributed by atoms with Crippen molar-refractivity contribution >= 4 is 12.4 Å². The Kier molecular flexibility index (Phi) is 5.04. The Hall–Kier alpha value is -1.85. The lowest BCUT2D eigenvalue weighted by Gasteiger charge is -1.98. The van der Waals surface area contributed by atoms with Crippen LogP contribution in [0.5, 0.6) is 0 Å². The summed E-state index contributed by atoms with van der Waals surface area (Å²) in [6.45, 7) is 0.856. The van der Waals surface area contributed by atoms with E-state index in [1.807, 2.05) is 0 Å². The normalized spacial score (nSPS) is 10.0. The molecule has 6 nitrogen and oxygen atoms in total. The highest BCUT2D eigenvalue weighted by molar-refractivity contribution is 5.36. The Balaban J connectivity index is 2.16. The van der Waals surface area contributed by atoms with E-state index in [0.29, 0.717) is 13.1 Å². The first-order valence-electron chi connectivity index (χ1n) is 5.01. The van der Waals surface area contributed by atoms with E-state index < -0.39 is 4.92 Å². The lowest BCUT2D eigenvalue weighted by Crippen LogP contribution is -1.92. The zero-order chi connectivity index (χ0) is 11.8. The van der Waals surface area contributed by atoms with Crippen LogP contribution in [0.15, 0.2) is 16.7 Å². The molecule has 0 unspecified atom stereocenters. The Morgan fingerprint density at radius 1 is 1.44 bits per heavy atom. The summed E-state index contributed by atoms with van der Waals surface area (Å²) in [5, 5.41) is 10.3. The summed E-state index contributed by atoms with van der Waals surface area (Å²) in [5.74, 6) is -0.223. The van der Waals surface area contributed by atoms with Gasteiger partial charge in [0, 0.05) is 0 Å². The smallest absolute Gasteiger partial charge is 0.433 e. The van der Waals surface area contributed by atoms with Crippen LogP contribution in [0.4, 0.5) is 5.88 Å². The summed E-state index contributed by atoms with van der Waals surface area (Å²) < 4.78 is 9.28. The first-order valence-corrected chi connectivity index (χ1v) is 5.01. The summed E-state index contributed by atoms with van der Waals surface area (Å²) in [4.78, 5) is 19.6. The molecule has 0 saturated carbocycles. The molecule has 1 heterocycles. The minimum Gasteiger partial charge on any atom is -0.468 e. The molecule has 0 aliphatic heterocycles. The quantitative estimate of drug-likeness (QED) is 0.294. The highest BCUT2D eigenvalue weighted by Crippen LogP contribution is 2.17. The maximum absolute atomic E-state index is 10.3. The lowest BCUT2D eigenvalue weighted by molar-refractivity contribution is -0.402. The minimum absolute atomic E-state index is 0.223. The van der Waals surface area contributed by atoms with Crippen LogP contribution < -0.4 is 0 Å². The molecule has 0 aliphatic carbocycles. The van der Waals surface area contributed by atoms with Crippen LogP contribution in [-0.4, -0.2) is 18.0 Å². The van der Waals surface area contributed by atoms with Crippen molar-refractivity contribution in [3.63, 3.8) is 0 Å². The lowest BCUT2D eigenvalue weighted by atomic mass is 10.1. The van der Waals surface area contributed by atoms with Crippen molar-refractivity contribution in [2.75, 3.05) is 6.61 Å². The molecule has 0 N–H and O–H groups in total. The molecule has 1 rings (SSSR count). The second-order valence-corrected chi connectivity index (χ2v) is 3.33. The number of nitrogens with zero attached hydrogens (tertiary/aromatic N) is 1. The van der Waals surface area contributed by atoms with Gasteiger partial charge in [-0.3, -0.25) is 14.9 Å². The van der Waals surface area contributed by atoms with Gasteiger partial charge in [0.2, 0.25) is 0 Å². The zero-order valence-corrected chi connectivity index (χ0v) is 8.76. The van der Waals surface area contributed by atoms with Gasteiger partial charge in [-0.1, -0.05) is 0 Å². The molecule has 6 heteroatoms. The van der Waals surface area contributed by atoms with Crippen molar-refractivity contribution in [2.45, 2.75) is 25.7 Å². The average Bonchev–Trinajstić information content (AvgIpc) is 2.72. The van der Waals surface area contributed by atoms with E-state index in [2.05, 4.69) is 4.74 Å². The number of ether oxygens (including phenoxy) is 1. The molecule has 0 bridgehead atoms. The second-order valence-electron chi connectivity index (χ2n) is 3.33. The summed E-state index contributed by atoms with van der Waals surface area (Å²) in [6, 6.07) is 1.43. The number of furan rings is 1. The zero-order valence-electron chi connectivity index (χ0n) is 8.76. The van der Waals surface area contributed by atoms with Crippen LogP contribution in [-0.2, 0) is 16.0 Å². The fraction of sp³-hybridized carbons (Fsp3) is 0.500. The van der Waals surface area contributed by atoms with Crippen molar-refractivity contribution in [3.8, 4) is 0 Å². The Labute approximate surface area is 92.3 Å². The third kappa shape index (κ3) is 4.12. The average molecular weight is 227 g/mol. The van der Waals surface area contributed by atoms with E-state index in [1.54, 1.807) is 0 Å². The van der Waals surface area contributed by atoms with Gasteiger partial charge in [-0.05, 0) is 31.2 Å². The topological polar surface area (TPSA) is 82.6 Å². The molecule has 1 aromatic rings. The fourth-order valence-corrected chi connectivity index (χ4v) is 1.33. The number of unbranched alkanes of at least 4 members (excludes halogenated alkanes) is 2. The van der Waals surface area contributed by atoms with Crippen LogP contribution >= 0.6 is 0 Å². The van der Waals surface area contributed by atoms with Crippen molar-refractivity contribution in [2.24, 2.45) is 0 Å². The third-order valence-electron chi connectivity index (χ3n) is 2.12. The van der Waals surface area contributed by atoms with Gasteiger partial charge in [0.1, 0.15) is 11.2 Å². The third-order valence-corrected chi connectivity index (χ3v) is 2.12. The Morgan fingerprint density at radius 2 is 2.25 bits per heavy atom. The number of carbonyl (C=O) groups excluding carboxylic acids is 1. The summed E-state index contributed by atoms with van der Waals surface area (Å²) in [7, 11) is 0. The van der Waals surface area contributed by atoms with Crippen LogP contribution in [0, 0.1) is 10.1 Å². The van der Waals surface area contributed by atoms with E-state index in [1.165, 1.54) is 12.3 Å². The standard InChI is InChI=1S/C10H13NO5/c12-8-15-5-3-1-2-4-9-6-10(11(13)14)16-7-9/h6-8H,1-5H2. The Bertz CT molecular complexity index is 347. The first kappa shape index (κ1) is 12.2. The molecule has 16 heavy (non-hydrogen) atoms. The van der Waals surface area contributed by atoms with Crippen molar-refractivity contribution in [3.05, 3.63) is 28.0 Å². The largest absolute Gasteiger partial charge is 0.468 e. The molecule has 1 aromatic heterocycles. The molecular weight excluding hydrogens is 214 g/mol. The van der Waals surface area contributed by atoms with Gasteiger partial charge in [-0.15, -0.1) is 0 Å². The Morgan fingerprint density at radius 3 is 2.88 bits per heavy atom. The molecule has 0 radical (unpaired) electrons. The van der Waals surface area contributed by atoms with Crippen molar-refractivity contribution < 1.29 is 18.9 Å². The van der Waals surface area contributed by atoms with E-state index in [0.717, 1.165) is 31.2 Å². The van der Waals surface area contributed by atoms with E-state index in [-0.39, 0.29) is 5.88 Å². The SMILES string of the molecule is O=COCCCCCc1coc([N+](=O)[O-])c1. The second kappa shape index (κ2) is 6.60. The maximum atomic E-state index is 10.3. The molecule has 0 fully saturated rings. The molecule has 0 spiro atoms. The number of hydrogen-bond acceptors (Lipinski definition) is 5. The summed E-state index contributed by atoms with van der Waals surface area (Å²) in [6.07, 6.45) is 4.74. The van der Waals surface area contributed by atoms with Crippen LogP contribution in [0.2, 0.25) is 0 Å². The van der Waals surface area contributed by atoms with Gasteiger partial charge >= 0.3 is 5.88 Å². The molecule has 0 aromatic carbocycles. The fourth-order valence-electron chi connectivity index (χ4n) is 1.33. The number of aryl methyl sites for hydroxylation is 1. The highest BCUT2D eigenvalue weighted by Gasteiger charge is 2.11. The van der Waals surface area contributed by atoms with Crippen LogP contribution in [0.1, 0.15) is 24.8 Å². The van der Waals surface area contributed by atoms with Gasteiger partial charge in [0.25, 0.3) is 6.47 Å². The van der Waals surface area contributed by atoms with Gasteiger partial charge in [-0.2, -0.15) is 0 Å². The summed E-state index contributed by atoms with van der Waals surface area (Å²) in [5.41, 5.74) is 0.822. The molecule has 0 atom stereocenters. The molecular formula is C10H13NO5. The number of nitro groups is 1. The minimum atomic E-state index is -0.554. The van der Waals surface area contributed by atoms with Crippen LogP contribution in [0.3, 0.4) is 0 Å².